The molecule has 0 saturated heterocycles. The van der Waals surface area contributed by atoms with Crippen molar-refractivity contribution in [1.82, 2.24) is 14.9 Å². The first-order valence-electron chi connectivity index (χ1n) is 7.90. The third-order valence-electron chi connectivity index (χ3n) is 3.93. The molecule has 130 valence electrons. The number of hydrogen-bond acceptors (Lipinski definition) is 5. The van der Waals surface area contributed by atoms with Crippen LogP contribution in [0.15, 0.2) is 64.3 Å². The number of para-hydroxylation sites is 1. The first kappa shape index (κ1) is 17.3. The van der Waals surface area contributed by atoms with E-state index in [0.29, 0.717) is 34.7 Å². The predicted octanol–water partition coefficient (Wildman–Crippen LogP) is 1.83. The zero-order valence-corrected chi connectivity index (χ0v) is 14.7. The lowest BCUT2D eigenvalue weighted by atomic mass is 10.2. The average molecular weight is 357 g/mol. The molecule has 0 radical (unpaired) electrons. The third kappa shape index (κ3) is 4.12. The molecule has 25 heavy (non-hydrogen) atoms. The van der Waals surface area contributed by atoms with Crippen molar-refractivity contribution in [2.24, 2.45) is 0 Å². The van der Waals surface area contributed by atoms with Gasteiger partial charge in [-0.1, -0.05) is 30.3 Å². The summed E-state index contributed by atoms with van der Waals surface area (Å²) in [5, 5.41) is 0.542. The molecule has 0 spiro atoms. The number of benzene rings is 2. The summed E-state index contributed by atoms with van der Waals surface area (Å²) >= 11 is 0. The second kappa shape index (κ2) is 7.16. The van der Waals surface area contributed by atoms with Gasteiger partial charge in [0.15, 0.2) is 9.84 Å². The minimum absolute atomic E-state index is 0.00528. The summed E-state index contributed by atoms with van der Waals surface area (Å²) in [6.07, 6.45) is 0. The molecule has 0 fully saturated rings. The SMILES string of the molecule is CN(CCS(=O)(=O)c1ccccc1)Cc1nc2ccccc2c(=O)[nH]1. The summed E-state index contributed by atoms with van der Waals surface area (Å²) in [6.45, 7) is 0.706. The quantitative estimate of drug-likeness (QED) is 0.728. The molecular weight excluding hydrogens is 338 g/mol. The smallest absolute Gasteiger partial charge is 0.258 e. The topological polar surface area (TPSA) is 83.1 Å². The molecule has 7 heteroatoms. The predicted molar refractivity (Wildman–Crippen MR) is 97.2 cm³/mol. The maximum absolute atomic E-state index is 12.3. The standard InChI is InChI=1S/C18H19N3O3S/c1-21(11-12-25(23,24)14-7-3-2-4-8-14)13-17-19-16-10-6-5-9-15(16)18(22)20-17/h2-10H,11-13H2,1H3,(H,19,20,22). The zero-order chi connectivity index (χ0) is 17.9. The van der Waals surface area contributed by atoms with Crippen LogP contribution in [0.25, 0.3) is 10.9 Å². The van der Waals surface area contributed by atoms with Gasteiger partial charge in [-0.3, -0.25) is 9.69 Å². The van der Waals surface area contributed by atoms with Gasteiger partial charge < -0.3 is 4.98 Å². The fourth-order valence-electron chi connectivity index (χ4n) is 2.57. The number of H-pyrrole nitrogens is 1. The zero-order valence-electron chi connectivity index (χ0n) is 13.8. The number of hydrogen-bond donors (Lipinski definition) is 1. The van der Waals surface area contributed by atoms with Crippen molar-refractivity contribution in [3.63, 3.8) is 0 Å². The Balaban J connectivity index is 1.69. The van der Waals surface area contributed by atoms with Gasteiger partial charge in [0, 0.05) is 6.54 Å². The molecule has 2 aromatic carbocycles. The Labute approximate surface area is 146 Å². The number of aromatic nitrogens is 2. The number of aromatic amines is 1. The summed E-state index contributed by atoms with van der Waals surface area (Å²) in [5.41, 5.74) is 0.442. The van der Waals surface area contributed by atoms with Gasteiger partial charge in [-0.25, -0.2) is 13.4 Å². The maximum atomic E-state index is 12.3. The highest BCUT2D eigenvalue weighted by Gasteiger charge is 2.15. The molecule has 0 aliphatic heterocycles. The van der Waals surface area contributed by atoms with Gasteiger partial charge in [0.05, 0.1) is 28.1 Å². The lowest BCUT2D eigenvalue weighted by Gasteiger charge is -2.16. The van der Waals surface area contributed by atoms with Crippen molar-refractivity contribution >= 4 is 20.7 Å². The van der Waals surface area contributed by atoms with Crippen LogP contribution < -0.4 is 5.56 Å². The molecule has 0 aliphatic rings. The molecule has 1 heterocycles. The van der Waals surface area contributed by atoms with Gasteiger partial charge in [-0.05, 0) is 31.3 Å². The second-order valence-electron chi connectivity index (χ2n) is 5.90. The van der Waals surface area contributed by atoms with Crippen LogP contribution in [0, 0.1) is 0 Å². The largest absolute Gasteiger partial charge is 0.309 e. The summed E-state index contributed by atoms with van der Waals surface area (Å²) in [4.78, 5) is 21.4. The van der Waals surface area contributed by atoms with Crippen LogP contribution in [-0.2, 0) is 16.4 Å². The van der Waals surface area contributed by atoms with Crippen LogP contribution in [-0.4, -0.2) is 42.6 Å². The summed E-state index contributed by atoms with van der Waals surface area (Å²) in [5.74, 6) is 0.522. The fraction of sp³-hybridized carbons (Fsp3) is 0.222. The Morgan fingerprint density at radius 3 is 2.48 bits per heavy atom. The number of rotatable bonds is 6. The molecule has 1 N–H and O–H groups in total. The normalized spacial score (nSPS) is 11.9. The Morgan fingerprint density at radius 2 is 1.72 bits per heavy atom. The number of fused-ring (bicyclic) bond motifs is 1. The van der Waals surface area contributed by atoms with Crippen LogP contribution in [0.3, 0.4) is 0 Å². The molecule has 0 saturated carbocycles. The maximum Gasteiger partial charge on any atom is 0.258 e. The van der Waals surface area contributed by atoms with E-state index in [-0.39, 0.29) is 11.3 Å². The van der Waals surface area contributed by atoms with Crippen molar-refractivity contribution in [3.05, 3.63) is 70.8 Å². The van der Waals surface area contributed by atoms with Crippen molar-refractivity contribution in [3.8, 4) is 0 Å². The van der Waals surface area contributed by atoms with Crippen molar-refractivity contribution in [1.29, 1.82) is 0 Å². The minimum atomic E-state index is -3.32. The number of nitrogens with one attached hydrogen (secondary N) is 1. The summed E-state index contributed by atoms with van der Waals surface area (Å²) in [7, 11) is -1.52. The highest BCUT2D eigenvalue weighted by atomic mass is 32.2. The van der Waals surface area contributed by atoms with Crippen LogP contribution in [0.4, 0.5) is 0 Å². The van der Waals surface area contributed by atoms with Gasteiger partial charge in [0.1, 0.15) is 5.82 Å². The Hall–Kier alpha value is -2.51. The fourth-order valence-corrected chi connectivity index (χ4v) is 3.93. The Morgan fingerprint density at radius 1 is 1.04 bits per heavy atom. The van der Waals surface area contributed by atoms with Crippen LogP contribution in [0.2, 0.25) is 0 Å². The highest BCUT2D eigenvalue weighted by molar-refractivity contribution is 7.91. The van der Waals surface area contributed by atoms with Gasteiger partial charge in [0.2, 0.25) is 0 Å². The van der Waals surface area contributed by atoms with Gasteiger partial charge in [-0.2, -0.15) is 0 Å². The molecule has 3 aromatic rings. The van der Waals surface area contributed by atoms with Crippen molar-refractivity contribution in [2.75, 3.05) is 19.3 Å². The van der Waals surface area contributed by atoms with E-state index in [1.807, 2.05) is 11.0 Å². The molecular formula is C18H19N3O3S. The van der Waals surface area contributed by atoms with E-state index < -0.39 is 9.84 Å². The van der Waals surface area contributed by atoms with Crippen LogP contribution in [0.5, 0.6) is 0 Å². The molecule has 0 atom stereocenters. The van der Waals surface area contributed by atoms with E-state index in [1.54, 1.807) is 55.6 Å². The minimum Gasteiger partial charge on any atom is -0.309 e. The van der Waals surface area contributed by atoms with Crippen LogP contribution >= 0.6 is 0 Å². The third-order valence-corrected chi connectivity index (χ3v) is 5.64. The molecule has 0 unspecified atom stereocenters. The second-order valence-corrected chi connectivity index (χ2v) is 8.01. The summed E-state index contributed by atoms with van der Waals surface area (Å²) < 4.78 is 24.6. The van der Waals surface area contributed by atoms with E-state index in [1.165, 1.54) is 0 Å². The van der Waals surface area contributed by atoms with Gasteiger partial charge in [0.25, 0.3) is 5.56 Å². The first-order valence-corrected chi connectivity index (χ1v) is 9.55. The summed E-state index contributed by atoms with van der Waals surface area (Å²) in [6, 6.07) is 15.5. The number of sulfone groups is 1. The molecule has 0 amide bonds. The monoisotopic (exact) mass is 357 g/mol. The van der Waals surface area contributed by atoms with E-state index in [4.69, 9.17) is 0 Å². The Bertz CT molecular complexity index is 1030. The molecule has 6 nitrogen and oxygen atoms in total. The Kier molecular flexibility index (Phi) is 4.96. The van der Waals surface area contributed by atoms with Gasteiger partial charge in [-0.15, -0.1) is 0 Å². The van der Waals surface area contributed by atoms with E-state index in [0.717, 1.165) is 0 Å². The lowest BCUT2D eigenvalue weighted by Crippen LogP contribution is -2.27. The molecule has 3 rings (SSSR count). The van der Waals surface area contributed by atoms with Gasteiger partial charge >= 0.3 is 0 Å². The lowest BCUT2D eigenvalue weighted by molar-refractivity contribution is 0.337. The molecule has 0 aliphatic carbocycles. The van der Waals surface area contributed by atoms with E-state index >= 15 is 0 Å². The first-order chi connectivity index (χ1) is 12.0. The molecule has 1 aromatic heterocycles. The number of nitrogens with zero attached hydrogens (tertiary/aromatic N) is 2. The van der Waals surface area contributed by atoms with Crippen molar-refractivity contribution < 1.29 is 8.42 Å². The van der Waals surface area contributed by atoms with E-state index in [2.05, 4.69) is 9.97 Å². The van der Waals surface area contributed by atoms with Crippen LogP contribution in [0.1, 0.15) is 5.82 Å². The van der Waals surface area contributed by atoms with Crippen molar-refractivity contribution in [2.45, 2.75) is 11.4 Å². The highest BCUT2D eigenvalue weighted by Crippen LogP contribution is 2.11. The average Bonchev–Trinajstić information content (AvgIpc) is 2.61. The molecule has 0 bridgehead atoms. The van der Waals surface area contributed by atoms with E-state index in [9.17, 15) is 13.2 Å².